The third-order valence-electron chi connectivity index (χ3n) is 4.49. The fraction of sp³-hybridized carbons (Fsp3) is 0.929. The van der Waals surface area contributed by atoms with Crippen molar-refractivity contribution in [3.05, 3.63) is 0 Å². The fourth-order valence-electron chi connectivity index (χ4n) is 3.22. The van der Waals surface area contributed by atoms with Gasteiger partial charge in [-0.2, -0.15) is 0 Å². The lowest BCUT2D eigenvalue weighted by Gasteiger charge is -2.40. The van der Waals surface area contributed by atoms with E-state index in [9.17, 15) is 20.1 Å². The van der Waals surface area contributed by atoms with Crippen LogP contribution in [0.5, 0.6) is 0 Å². The summed E-state index contributed by atoms with van der Waals surface area (Å²) in [5, 5.41) is 32.1. The zero-order valence-electron chi connectivity index (χ0n) is 13.4. The first-order valence-electron chi connectivity index (χ1n) is 7.40. The normalized spacial score (nSPS) is 48.7. The first-order chi connectivity index (χ1) is 10.4. The minimum Gasteiger partial charge on any atom is -0.430 e. The van der Waals surface area contributed by atoms with E-state index in [1.807, 2.05) is 0 Å². The molecule has 9 nitrogen and oxygen atoms in total. The summed E-state index contributed by atoms with van der Waals surface area (Å²) in [5.74, 6) is -3.30. The molecule has 0 amide bonds. The summed E-state index contributed by atoms with van der Waals surface area (Å²) < 4.78 is 26.5. The zero-order valence-corrected chi connectivity index (χ0v) is 13.4. The molecule has 0 saturated carbocycles. The summed E-state index contributed by atoms with van der Waals surface area (Å²) in [7, 11) is 0. The number of cyclic esters (lactones) is 1. The quantitative estimate of drug-likeness (QED) is 0.524. The van der Waals surface area contributed by atoms with Gasteiger partial charge in [0.2, 0.25) is 11.9 Å². The number of aliphatic hydroxyl groups excluding tert-OH is 1. The van der Waals surface area contributed by atoms with Gasteiger partial charge in [-0.1, -0.05) is 0 Å². The molecule has 3 saturated heterocycles. The number of ether oxygens (including phenoxy) is 5. The van der Waals surface area contributed by atoms with Crippen LogP contribution < -0.4 is 0 Å². The lowest BCUT2D eigenvalue weighted by atomic mass is 9.76. The Balaban J connectivity index is 1.98. The van der Waals surface area contributed by atoms with E-state index in [4.69, 9.17) is 23.7 Å². The molecule has 0 aliphatic carbocycles. The van der Waals surface area contributed by atoms with Gasteiger partial charge in [0.25, 0.3) is 0 Å². The second kappa shape index (κ2) is 4.85. The van der Waals surface area contributed by atoms with Gasteiger partial charge >= 0.3 is 5.97 Å². The largest absolute Gasteiger partial charge is 0.430 e. The SMILES string of the molecule is CC1(C)OC[C@H]([C@]2(O)C(=O)OC(O)[C@]2(O)[C@H]2COC(C)(C)O2)O1. The summed E-state index contributed by atoms with van der Waals surface area (Å²) in [5.41, 5.74) is -5.03. The second-order valence-corrected chi connectivity index (χ2v) is 6.98. The molecule has 0 spiro atoms. The second-order valence-electron chi connectivity index (χ2n) is 6.98. The van der Waals surface area contributed by atoms with Gasteiger partial charge in [-0.15, -0.1) is 0 Å². The van der Waals surface area contributed by atoms with Crippen LogP contribution in [0.15, 0.2) is 0 Å². The Hall–Kier alpha value is -0.810. The molecule has 0 aromatic rings. The van der Waals surface area contributed by atoms with Gasteiger partial charge < -0.3 is 39.0 Å². The van der Waals surface area contributed by atoms with Crippen LogP contribution in [0.25, 0.3) is 0 Å². The number of hydrogen-bond donors (Lipinski definition) is 3. The minimum absolute atomic E-state index is 0.142. The van der Waals surface area contributed by atoms with Crippen molar-refractivity contribution < 1.29 is 43.8 Å². The molecule has 0 aromatic heterocycles. The highest BCUT2D eigenvalue weighted by Crippen LogP contribution is 2.47. The van der Waals surface area contributed by atoms with Crippen molar-refractivity contribution >= 4 is 5.97 Å². The van der Waals surface area contributed by atoms with Gasteiger partial charge in [0.05, 0.1) is 13.2 Å². The average Bonchev–Trinajstić information content (AvgIpc) is 3.02. The van der Waals surface area contributed by atoms with Crippen LogP contribution in [-0.2, 0) is 28.5 Å². The Labute approximate surface area is 133 Å². The third kappa shape index (κ3) is 2.30. The molecule has 9 heteroatoms. The number of hydrogen-bond acceptors (Lipinski definition) is 9. The molecule has 3 aliphatic rings. The van der Waals surface area contributed by atoms with Crippen molar-refractivity contribution in [2.75, 3.05) is 13.2 Å². The Morgan fingerprint density at radius 3 is 1.87 bits per heavy atom. The van der Waals surface area contributed by atoms with Crippen LogP contribution in [-0.4, -0.2) is 75.8 Å². The molecule has 23 heavy (non-hydrogen) atoms. The predicted molar refractivity (Wildman–Crippen MR) is 71.8 cm³/mol. The van der Waals surface area contributed by atoms with E-state index < -0.39 is 47.2 Å². The molecule has 3 rings (SSSR count). The summed E-state index contributed by atoms with van der Waals surface area (Å²) in [6.45, 7) is 6.12. The number of carbonyl (C=O) groups is 1. The van der Waals surface area contributed by atoms with E-state index in [0.717, 1.165) is 0 Å². The van der Waals surface area contributed by atoms with E-state index in [2.05, 4.69) is 0 Å². The number of aliphatic hydroxyl groups is 3. The summed E-state index contributed by atoms with van der Waals surface area (Å²) in [4.78, 5) is 12.2. The lowest BCUT2D eigenvalue weighted by molar-refractivity contribution is -0.273. The van der Waals surface area contributed by atoms with Crippen molar-refractivity contribution in [1.82, 2.24) is 0 Å². The van der Waals surface area contributed by atoms with Crippen LogP contribution in [0.2, 0.25) is 0 Å². The van der Waals surface area contributed by atoms with Crippen LogP contribution in [0.3, 0.4) is 0 Å². The van der Waals surface area contributed by atoms with E-state index in [0.29, 0.717) is 0 Å². The zero-order chi connectivity index (χ0) is 17.3. The Bertz CT molecular complexity index is 518. The van der Waals surface area contributed by atoms with Gasteiger partial charge in [0, 0.05) is 0 Å². The average molecular weight is 334 g/mol. The van der Waals surface area contributed by atoms with Crippen LogP contribution in [0.4, 0.5) is 0 Å². The van der Waals surface area contributed by atoms with Crippen molar-refractivity contribution in [3.63, 3.8) is 0 Å². The van der Waals surface area contributed by atoms with Gasteiger partial charge in [0.15, 0.2) is 17.2 Å². The summed E-state index contributed by atoms with van der Waals surface area (Å²) >= 11 is 0. The highest BCUT2D eigenvalue weighted by molar-refractivity contribution is 5.85. The maximum absolute atomic E-state index is 12.2. The summed E-state index contributed by atoms with van der Waals surface area (Å²) in [6.07, 6.45) is -4.43. The minimum atomic E-state index is -2.56. The Kier molecular flexibility index (Phi) is 3.59. The highest BCUT2D eigenvalue weighted by Gasteiger charge is 2.76. The van der Waals surface area contributed by atoms with Gasteiger partial charge in [0.1, 0.15) is 12.2 Å². The number of esters is 1. The molecule has 0 bridgehead atoms. The van der Waals surface area contributed by atoms with Gasteiger partial charge in [-0.3, -0.25) is 0 Å². The van der Waals surface area contributed by atoms with Crippen molar-refractivity contribution in [2.45, 2.75) is 69.0 Å². The fourth-order valence-corrected chi connectivity index (χ4v) is 3.22. The first-order valence-corrected chi connectivity index (χ1v) is 7.40. The standard InChI is InChI=1S/C14H22O9/c1-11(2)19-5-7(22-11)13(17)9(15)21-10(16)14(13,18)8-6-20-12(3,4)23-8/h7-9,15,17-18H,5-6H2,1-4H3/t7-,8-,9?,13-,14+/m1/s1. The molecule has 3 N–H and O–H groups in total. The molecular formula is C14H22O9. The van der Waals surface area contributed by atoms with Crippen molar-refractivity contribution in [3.8, 4) is 0 Å². The molecule has 0 radical (unpaired) electrons. The number of carbonyl (C=O) groups excluding carboxylic acids is 1. The van der Waals surface area contributed by atoms with E-state index in [1.165, 1.54) is 0 Å². The maximum Gasteiger partial charge on any atom is 0.346 e. The highest BCUT2D eigenvalue weighted by atomic mass is 16.8. The maximum atomic E-state index is 12.2. The molecule has 5 atom stereocenters. The lowest BCUT2D eigenvalue weighted by Crippen LogP contribution is -2.70. The molecule has 0 aromatic carbocycles. The first kappa shape index (κ1) is 17.0. The number of rotatable bonds is 2. The molecule has 132 valence electrons. The van der Waals surface area contributed by atoms with Gasteiger partial charge in [-0.25, -0.2) is 4.79 Å². The van der Waals surface area contributed by atoms with E-state index >= 15 is 0 Å². The monoisotopic (exact) mass is 334 g/mol. The topological polar surface area (TPSA) is 124 Å². The predicted octanol–water partition coefficient (Wildman–Crippen LogP) is -1.37. The molecular weight excluding hydrogens is 312 g/mol. The molecule has 1 unspecified atom stereocenters. The Morgan fingerprint density at radius 1 is 0.957 bits per heavy atom. The van der Waals surface area contributed by atoms with Crippen molar-refractivity contribution in [1.29, 1.82) is 0 Å². The third-order valence-corrected chi connectivity index (χ3v) is 4.49. The smallest absolute Gasteiger partial charge is 0.346 e. The van der Waals surface area contributed by atoms with Crippen LogP contribution in [0, 0.1) is 0 Å². The van der Waals surface area contributed by atoms with Crippen LogP contribution >= 0.6 is 0 Å². The molecule has 3 fully saturated rings. The van der Waals surface area contributed by atoms with Crippen LogP contribution in [0.1, 0.15) is 27.7 Å². The molecule has 3 aliphatic heterocycles. The summed E-state index contributed by atoms with van der Waals surface area (Å²) in [6, 6.07) is 0. The Morgan fingerprint density at radius 2 is 1.43 bits per heavy atom. The van der Waals surface area contributed by atoms with E-state index in [1.54, 1.807) is 27.7 Å². The van der Waals surface area contributed by atoms with Crippen molar-refractivity contribution in [2.24, 2.45) is 0 Å². The van der Waals surface area contributed by atoms with Gasteiger partial charge in [-0.05, 0) is 27.7 Å². The van der Waals surface area contributed by atoms with E-state index in [-0.39, 0.29) is 13.2 Å². The molecule has 3 heterocycles.